The molecule has 8 heteroatoms. The highest BCUT2D eigenvalue weighted by molar-refractivity contribution is 9.10. The fourth-order valence-corrected chi connectivity index (χ4v) is 3.68. The second-order valence-electron chi connectivity index (χ2n) is 6.11. The number of nitrogens with zero attached hydrogens (tertiary/aromatic N) is 2. The Morgan fingerprint density at radius 3 is 2.54 bits per heavy atom. The summed E-state index contributed by atoms with van der Waals surface area (Å²) in [5, 5.41) is 11.2. The summed E-state index contributed by atoms with van der Waals surface area (Å²) in [6.07, 6.45) is 0. The quantitative estimate of drug-likeness (QED) is 0.408. The summed E-state index contributed by atoms with van der Waals surface area (Å²) >= 11 is 4.65. The molecule has 3 rings (SSSR count). The summed E-state index contributed by atoms with van der Waals surface area (Å²) in [5.74, 6) is 0.465. The Morgan fingerprint density at radius 2 is 1.86 bits per heavy atom. The number of thioether (sulfide) groups is 1. The largest absolute Gasteiger partial charge is 0.411 e. The van der Waals surface area contributed by atoms with Gasteiger partial charge in [-0.2, -0.15) is 0 Å². The highest BCUT2D eigenvalue weighted by Gasteiger charge is 2.14. The predicted octanol–water partition coefficient (Wildman–Crippen LogP) is 4.67. The van der Waals surface area contributed by atoms with Crippen LogP contribution in [-0.2, 0) is 4.79 Å². The molecule has 1 aromatic heterocycles. The first-order chi connectivity index (χ1) is 13.4. The molecule has 0 bridgehead atoms. The maximum Gasteiger partial charge on any atom is 0.277 e. The van der Waals surface area contributed by atoms with E-state index in [4.69, 9.17) is 4.42 Å². The summed E-state index contributed by atoms with van der Waals surface area (Å²) in [4.78, 5) is 23.6. The Kier molecular flexibility index (Phi) is 6.64. The molecular weight excluding hydrogens is 442 g/mol. The van der Waals surface area contributed by atoms with Crippen molar-refractivity contribution in [2.24, 2.45) is 0 Å². The Hall–Kier alpha value is -2.45. The molecule has 0 radical (unpaired) electrons. The minimum Gasteiger partial charge on any atom is -0.411 e. The third-order valence-electron chi connectivity index (χ3n) is 3.99. The Morgan fingerprint density at radius 1 is 1.14 bits per heavy atom. The highest BCUT2D eigenvalue weighted by atomic mass is 79.9. The number of ketones is 1. The minimum absolute atomic E-state index is 0.0376. The van der Waals surface area contributed by atoms with Crippen LogP contribution in [0, 0.1) is 0 Å². The normalized spacial score (nSPS) is 11.8. The molecule has 3 aromatic rings. The zero-order valence-corrected chi connectivity index (χ0v) is 17.7. The van der Waals surface area contributed by atoms with Crippen LogP contribution in [0.2, 0.25) is 0 Å². The average molecular weight is 460 g/mol. The molecule has 1 unspecified atom stereocenters. The highest BCUT2D eigenvalue weighted by Crippen LogP contribution is 2.29. The lowest BCUT2D eigenvalue weighted by Crippen LogP contribution is -2.23. The molecule has 28 heavy (non-hydrogen) atoms. The van der Waals surface area contributed by atoms with Crippen molar-refractivity contribution in [1.29, 1.82) is 0 Å². The van der Waals surface area contributed by atoms with E-state index in [1.807, 2.05) is 43.3 Å². The van der Waals surface area contributed by atoms with Crippen molar-refractivity contribution in [2.45, 2.75) is 25.1 Å². The van der Waals surface area contributed by atoms with E-state index < -0.39 is 0 Å². The summed E-state index contributed by atoms with van der Waals surface area (Å²) in [6.45, 7) is 3.37. The van der Waals surface area contributed by atoms with Gasteiger partial charge in [-0.05, 0) is 40.5 Å². The zero-order valence-electron chi connectivity index (χ0n) is 15.3. The number of hydrogen-bond donors (Lipinski definition) is 1. The lowest BCUT2D eigenvalue weighted by Gasteiger charge is -2.13. The number of benzene rings is 2. The molecule has 1 heterocycles. The maximum atomic E-state index is 12.4. The molecular formula is C20H18BrN3O3S. The van der Waals surface area contributed by atoms with Crippen LogP contribution in [-0.4, -0.2) is 27.6 Å². The van der Waals surface area contributed by atoms with Crippen molar-refractivity contribution in [3.8, 4) is 11.5 Å². The molecule has 0 fully saturated rings. The smallest absolute Gasteiger partial charge is 0.277 e. The Labute approximate surface area is 175 Å². The van der Waals surface area contributed by atoms with Crippen molar-refractivity contribution < 1.29 is 14.0 Å². The van der Waals surface area contributed by atoms with Crippen LogP contribution in [0.5, 0.6) is 0 Å². The number of carbonyl (C=O) groups is 2. The number of rotatable bonds is 7. The van der Waals surface area contributed by atoms with E-state index in [0.717, 1.165) is 15.6 Å². The van der Waals surface area contributed by atoms with Gasteiger partial charge in [-0.1, -0.05) is 48.2 Å². The zero-order chi connectivity index (χ0) is 20.1. The molecule has 0 saturated carbocycles. The first-order valence-electron chi connectivity index (χ1n) is 8.55. The van der Waals surface area contributed by atoms with Crippen LogP contribution < -0.4 is 5.32 Å². The standard InChI is InChI=1S/C20H18BrN3O3S/c1-12(22-13(2)25)14-7-9-15(10-8-14)18(26)11-28-20-24-23-19(27-20)16-5-3-4-6-17(16)21/h3-10,12H,11H2,1-2H3,(H,22,25). The van der Waals surface area contributed by atoms with Gasteiger partial charge in [-0.3, -0.25) is 9.59 Å². The first-order valence-corrected chi connectivity index (χ1v) is 10.3. The summed E-state index contributed by atoms with van der Waals surface area (Å²) in [7, 11) is 0. The average Bonchev–Trinajstić information content (AvgIpc) is 3.15. The fourth-order valence-electron chi connectivity index (χ4n) is 2.57. The van der Waals surface area contributed by atoms with Gasteiger partial charge >= 0.3 is 0 Å². The number of amides is 1. The minimum atomic E-state index is -0.106. The Bertz CT molecular complexity index is 988. The lowest BCUT2D eigenvalue weighted by molar-refractivity contribution is -0.119. The van der Waals surface area contributed by atoms with E-state index in [9.17, 15) is 9.59 Å². The van der Waals surface area contributed by atoms with E-state index in [-0.39, 0.29) is 23.5 Å². The van der Waals surface area contributed by atoms with Crippen LogP contribution in [0.4, 0.5) is 0 Å². The van der Waals surface area contributed by atoms with E-state index >= 15 is 0 Å². The van der Waals surface area contributed by atoms with Gasteiger partial charge in [-0.15, -0.1) is 10.2 Å². The van der Waals surface area contributed by atoms with Crippen LogP contribution in [0.3, 0.4) is 0 Å². The number of Topliss-reactive ketones (excluding diaryl/α,β-unsaturated/α-hetero) is 1. The van der Waals surface area contributed by atoms with Crippen molar-refractivity contribution in [2.75, 3.05) is 5.75 Å². The van der Waals surface area contributed by atoms with Crippen LogP contribution in [0.25, 0.3) is 11.5 Å². The van der Waals surface area contributed by atoms with Gasteiger partial charge in [0.2, 0.25) is 11.8 Å². The molecule has 6 nitrogen and oxygen atoms in total. The van der Waals surface area contributed by atoms with E-state index in [0.29, 0.717) is 16.7 Å². The topological polar surface area (TPSA) is 85.1 Å². The van der Waals surface area contributed by atoms with Gasteiger partial charge in [-0.25, -0.2) is 0 Å². The number of nitrogens with one attached hydrogen (secondary N) is 1. The fraction of sp³-hybridized carbons (Fsp3) is 0.200. The second kappa shape index (κ2) is 9.16. The van der Waals surface area contributed by atoms with E-state index in [1.54, 1.807) is 12.1 Å². The summed E-state index contributed by atoms with van der Waals surface area (Å²) in [5.41, 5.74) is 2.34. The first kappa shape index (κ1) is 20.3. The third-order valence-corrected chi connectivity index (χ3v) is 5.50. The predicted molar refractivity (Wildman–Crippen MR) is 111 cm³/mol. The van der Waals surface area contributed by atoms with Crippen molar-refractivity contribution >= 4 is 39.4 Å². The lowest BCUT2D eigenvalue weighted by atomic mass is 10.0. The second-order valence-corrected chi connectivity index (χ2v) is 7.89. The molecule has 1 atom stereocenters. The molecule has 0 aliphatic carbocycles. The van der Waals surface area contributed by atoms with Gasteiger partial charge in [0, 0.05) is 17.0 Å². The number of aromatic nitrogens is 2. The summed E-state index contributed by atoms with van der Waals surface area (Å²) < 4.78 is 6.50. The van der Waals surface area contributed by atoms with Crippen LogP contribution in [0.15, 0.2) is 62.6 Å². The van der Waals surface area contributed by atoms with Gasteiger partial charge in [0.1, 0.15) is 0 Å². The van der Waals surface area contributed by atoms with Crippen LogP contribution >= 0.6 is 27.7 Å². The molecule has 0 spiro atoms. The number of halogens is 1. The summed E-state index contributed by atoms with van der Waals surface area (Å²) in [6, 6.07) is 14.7. The number of carbonyl (C=O) groups excluding carboxylic acids is 2. The maximum absolute atomic E-state index is 12.4. The van der Waals surface area contributed by atoms with Gasteiger partial charge in [0.15, 0.2) is 5.78 Å². The molecule has 2 aromatic carbocycles. The monoisotopic (exact) mass is 459 g/mol. The molecule has 0 aliphatic heterocycles. The van der Waals surface area contributed by atoms with Gasteiger partial charge in [0.05, 0.1) is 17.4 Å². The van der Waals surface area contributed by atoms with Crippen molar-refractivity contribution in [1.82, 2.24) is 15.5 Å². The third kappa shape index (κ3) is 5.08. The Balaban J connectivity index is 1.60. The molecule has 1 amide bonds. The van der Waals surface area contributed by atoms with Gasteiger partial charge in [0.25, 0.3) is 5.22 Å². The van der Waals surface area contributed by atoms with E-state index in [1.165, 1.54) is 18.7 Å². The van der Waals surface area contributed by atoms with Gasteiger partial charge < -0.3 is 9.73 Å². The molecule has 0 aliphatic rings. The van der Waals surface area contributed by atoms with Crippen LogP contribution in [0.1, 0.15) is 35.8 Å². The van der Waals surface area contributed by atoms with Crippen molar-refractivity contribution in [3.05, 3.63) is 64.1 Å². The molecule has 1 N–H and O–H groups in total. The number of hydrogen-bond acceptors (Lipinski definition) is 6. The van der Waals surface area contributed by atoms with E-state index in [2.05, 4.69) is 31.4 Å². The molecule has 144 valence electrons. The SMILES string of the molecule is CC(=O)NC(C)c1ccc(C(=O)CSc2nnc(-c3ccccc3Br)o2)cc1. The molecule has 0 saturated heterocycles. The van der Waals surface area contributed by atoms with Crippen molar-refractivity contribution in [3.63, 3.8) is 0 Å².